The van der Waals surface area contributed by atoms with Crippen molar-refractivity contribution in [3.63, 3.8) is 0 Å². The molecule has 2 aliphatic heterocycles. The molecule has 10 rings (SSSR count). The molecule has 5 aromatic heterocycles. The van der Waals surface area contributed by atoms with Gasteiger partial charge in [-0.25, -0.2) is 32.3 Å². The molecule has 57 heavy (non-hydrogen) atoms. The maximum Gasteiger partial charge on any atom is 0.338 e. The SMILES string of the molecule is Cc1nc(N2CC3C(C2)C3(F)F)ccc1Cn1cc(C(=O)N[C@H]2CCc3c2n[nH]c3C)cn1.Cc1nc(N2CC3C(C2)C3(F)F)ccc1Cn1cc(C(=O)O)cn1. The van der Waals surface area contributed by atoms with E-state index in [9.17, 15) is 27.2 Å². The van der Waals surface area contributed by atoms with Gasteiger partial charge in [-0.1, -0.05) is 12.1 Å². The number of aromatic amines is 1. The van der Waals surface area contributed by atoms with E-state index in [0.717, 1.165) is 52.6 Å². The summed E-state index contributed by atoms with van der Waals surface area (Å²) < 4.78 is 56.7. The first-order chi connectivity index (χ1) is 27.2. The first-order valence-corrected chi connectivity index (χ1v) is 19.0. The number of aromatic carboxylic acids is 1. The third-order valence-corrected chi connectivity index (χ3v) is 12.3. The molecule has 0 radical (unpaired) electrons. The van der Waals surface area contributed by atoms with Crippen LogP contribution in [0.25, 0.3) is 0 Å². The van der Waals surface area contributed by atoms with E-state index < -0.39 is 41.5 Å². The molecule has 0 spiro atoms. The first-order valence-electron chi connectivity index (χ1n) is 19.0. The van der Waals surface area contributed by atoms with Crippen LogP contribution in [0.5, 0.6) is 0 Å². The Hall–Kier alpha value is -5.81. The quantitative estimate of drug-likeness (QED) is 0.177. The van der Waals surface area contributed by atoms with Gasteiger partial charge in [0.15, 0.2) is 0 Å². The number of alkyl halides is 4. The fourth-order valence-corrected chi connectivity index (χ4v) is 8.59. The largest absolute Gasteiger partial charge is 0.478 e. The van der Waals surface area contributed by atoms with E-state index in [-0.39, 0.29) is 17.5 Å². The normalized spacial score (nSPS) is 24.4. The molecule has 0 bridgehead atoms. The lowest BCUT2D eigenvalue weighted by Crippen LogP contribution is -2.28. The molecule has 1 amide bonds. The van der Waals surface area contributed by atoms with Crippen LogP contribution in [0.4, 0.5) is 29.2 Å². The lowest BCUT2D eigenvalue weighted by molar-refractivity contribution is 0.0695. The summed E-state index contributed by atoms with van der Waals surface area (Å²) in [6.45, 7) is 8.07. The van der Waals surface area contributed by atoms with Gasteiger partial charge < -0.3 is 20.2 Å². The summed E-state index contributed by atoms with van der Waals surface area (Å²) >= 11 is 0. The predicted molar refractivity (Wildman–Crippen MR) is 198 cm³/mol. The molecule has 5 aliphatic rings. The number of piperidine rings is 2. The van der Waals surface area contributed by atoms with Crippen LogP contribution in [-0.2, 0) is 19.5 Å². The standard InChI is InChI=1S/C23H25F2N7O.C16H16F2N4O2/c1-12-14(3-6-20(27-12)31-10-17-18(11-31)23(17,24)25)8-32-9-15(7-26-32)22(33)28-19-5-4-16-13(2)29-30-21(16)19;1-9-10(5-22-6-11(4-19-22)15(23)24)2-3-14(20-9)21-7-12-13(8-21)16(12,17)18/h3,6-7,9,17-19H,4-5,8,10-11H2,1-2H3,(H,28,33)(H,29,30);2-4,6,12-13H,5,7-8H2,1H3,(H,23,24)/t17?,18?,19-;/m0./s1. The number of hydrogen-bond acceptors (Lipinski definition) is 9. The number of carboxylic acids is 1. The van der Waals surface area contributed by atoms with Gasteiger partial charge in [-0.3, -0.25) is 19.3 Å². The number of aromatic nitrogens is 8. The Morgan fingerprint density at radius 3 is 1.75 bits per heavy atom. The second kappa shape index (κ2) is 13.4. The lowest BCUT2D eigenvalue weighted by Gasteiger charge is -2.21. The van der Waals surface area contributed by atoms with E-state index in [4.69, 9.17) is 5.11 Å². The number of carboxylic acid groups (broad SMARTS) is 1. The second-order valence-electron chi connectivity index (χ2n) is 15.8. The van der Waals surface area contributed by atoms with E-state index in [1.807, 2.05) is 54.8 Å². The third-order valence-electron chi connectivity index (χ3n) is 12.3. The number of rotatable bonds is 9. The molecule has 3 aliphatic carbocycles. The Morgan fingerprint density at radius 2 is 1.28 bits per heavy atom. The van der Waals surface area contributed by atoms with E-state index in [0.29, 0.717) is 50.6 Å². The van der Waals surface area contributed by atoms with Crippen molar-refractivity contribution in [2.24, 2.45) is 23.7 Å². The number of anilines is 2. The summed E-state index contributed by atoms with van der Waals surface area (Å²) in [6.07, 6.45) is 7.81. The van der Waals surface area contributed by atoms with Crippen molar-refractivity contribution in [2.45, 2.75) is 64.6 Å². The van der Waals surface area contributed by atoms with Crippen molar-refractivity contribution >= 4 is 23.5 Å². The zero-order chi connectivity index (χ0) is 40.0. The average molecular weight is 788 g/mol. The Morgan fingerprint density at radius 1 is 0.789 bits per heavy atom. The van der Waals surface area contributed by atoms with Crippen molar-refractivity contribution in [1.82, 2.24) is 45.0 Å². The van der Waals surface area contributed by atoms with E-state index in [1.54, 1.807) is 21.8 Å². The van der Waals surface area contributed by atoms with Crippen LogP contribution in [0.3, 0.4) is 0 Å². The molecule has 4 fully saturated rings. The maximum absolute atomic E-state index is 13.5. The first kappa shape index (κ1) is 36.8. The minimum absolute atomic E-state index is 0.0867. The van der Waals surface area contributed by atoms with Gasteiger partial charge in [0, 0.05) is 55.7 Å². The Labute approximate surface area is 324 Å². The van der Waals surface area contributed by atoms with Crippen LogP contribution in [0.2, 0.25) is 0 Å². The Balaban J connectivity index is 0.000000156. The summed E-state index contributed by atoms with van der Waals surface area (Å²) in [4.78, 5) is 36.6. The molecule has 4 unspecified atom stereocenters. The van der Waals surface area contributed by atoms with Gasteiger partial charge >= 0.3 is 5.97 Å². The van der Waals surface area contributed by atoms with Gasteiger partial charge in [-0.15, -0.1) is 0 Å². The van der Waals surface area contributed by atoms with Crippen LogP contribution < -0.4 is 15.1 Å². The number of carbonyl (C=O) groups excluding carboxylic acids is 1. The molecule has 18 heteroatoms. The topological polar surface area (TPSA) is 163 Å². The lowest BCUT2D eigenvalue weighted by atomic mass is 10.2. The number of nitrogens with zero attached hydrogens (tertiary/aromatic N) is 9. The number of aryl methyl sites for hydroxylation is 3. The minimum Gasteiger partial charge on any atom is -0.478 e. The van der Waals surface area contributed by atoms with Crippen LogP contribution >= 0.6 is 0 Å². The monoisotopic (exact) mass is 787 g/mol. The zero-order valence-electron chi connectivity index (χ0n) is 31.5. The molecule has 2 saturated carbocycles. The summed E-state index contributed by atoms with van der Waals surface area (Å²) in [5.74, 6) is -6.84. The highest BCUT2D eigenvalue weighted by molar-refractivity contribution is 5.94. The van der Waals surface area contributed by atoms with Crippen LogP contribution in [0, 0.1) is 44.4 Å². The van der Waals surface area contributed by atoms with Crippen molar-refractivity contribution in [2.75, 3.05) is 36.0 Å². The van der Waals surface area contributed by atoms with Crippen molar-refractivity contribution in [3.8, 4) is 0 Å². The van der Waals surface area contributed by atoms with Crippen molar-refractivity contribution in [1.29, 1.82) is 0 Å². The number of hydrogen-bond donors (Lipinski definition) is 3. The van der Waals surface area contributed by atoms with E-state index in [2.05, 4.69) is 35.7 Å². The fraction of sp³-hybridized carbons (Fsp3) is 0.462. The minimum atomic E-state index is -2.49. The Bertz CT molecular complexity index is 2360. The number of amides is 1. The van der Waals surface area contributed by atoms with Gasteiger partial charge in [0.05, 0.1) is 72.0 Å². The van der Waals surface area contributed by atoms with Gasteiger partial charge in [0.2, 0.25) is 0 Å². The smallest absolute Gasteiger partial charge is 0.338 e. The molecule has 7 heterocycles. The van der Waals surface area contributed by atoms with Gasteiger partial charge in [0.25, 0.3) is 17.8 Å². The van der Waals surface area contributed by atoms with Crippen molar-refractivity contribution in [3.05, 3.63) is 99.6 Å². The predicted octanol–water partition coefficient (Wildman–Crippen LogP) is 4.82. The summed E-state index contributed by atoms with van der Waals surface area (Å²) in [6, 6.07) is 7.47. The van der Waals surface area contributed by atoms with Gasteiger partial charge in [-0.2, -0.15) is 15.3 Å². The highest BCUT2D eigenvalue weighted by atomic mass is 19.3. The number of pyridine rings is 2. The molecule has 298 valence electrons. The summed E-state index contributed by atoms with van der Waals surface area (Å²) in [7, 11) is 0. The average Bonchev–Trinajstić information content (AvgIpc) is 3.87. The van der Waals surface area contributed by atoms with E-state index >= 15 is 0 Å². The second-order valence-corrected chi connectivity index (χ2v) is 15.8. The molecule has 0 aromatic carbocycles. The molecule has 3 N–H and O–H groups in total. The number of nitrogens with one attached hydrogen (secondary N) is 2. The van der Waals surface area contributed by atoms with E-state index in [1.165, 1.54) is 18.0 Å². The highest BCUT2D eigenvalue weighted by Crippen LogP contribution is 2.60. The highest BCUT2D eigenvalue weighted by Gasteiger charge is 2.72. The number of fused-ring (bicyclic) bond motifs is 3. The van der Waals surface area contributed by atoms with Crippen molar-refractivity contribution < 1.29 is 32.3 Å². The van der Waals surface area contributed by atoms with Crippen LogP contribution in [-0.4, -0.2) is 94.7 Å². The maximum atomic E-state index is 13.5. The van der Waals surface area contributed by atoms with Gasteiger partial charge in [0.1, 0.15) is 11.6 Å². The number of halogens is 4. The fourth-order valence-electron chi connectivity index (χ4n) is 8.59. The molecular weight excluding hydrogens is 746 g/mol. The third kappa shape index (κ3) is 6.67. The summed E-state index contributed by atoms with van der Waals surface area (Å²) in [5, 5.41) is 27.7. The van der Waals surface area contributed by atoms with Crippen LogP contribution in [0.15, 0.2) is 49.1 Å². The molecule has 14 nitrogen and oxygen atoms in total. The number of carbonyl (C=O) groups is 2. The molecule has 2 saturated heterocycles. The van der Waals surface area contributed by atoms with Gasteiger partial charge in [-0.05, 0) is 62.4 Å². The summed E-state index contributed by atoms with van der Waals surface area (Å²) in [5.41, 5.74) is 7.30. The van der Waals surface area contributed by atoms with Crippen LogP contribution in [0.1, 0.15) is 72.6 Å². The molecule has 5 aromatic rings. The zero-order valence-corrected chi connectivity index (χ0v) is 31.5. The molecular formula is C39H41F4N11O3. The Kier molecular flexibility index (Phi) is 8.65. The number of H-pyrrole nitrogens is 1. The molecule has 5 atom stereocenters.